The number of hydrogen-bond donors (Lipinski definition) is 0. The van der Waals surface area contributed by atoms with Gasteiger partial charge in [-0.3, -0.25) is 0 Å². The summed E-state index contributed by atoms with van der Waals surface area (Å²) in [7, 11) is 0. The summed E-state index contributed by atoms with van der Waals surface area (Å²) in [6.07, 6.45) is 5.57. The van der Waals surface area contributed by atoms with E-state index >= 15 is 0 Å². The predicted molar refractivity (Wildman–Crippen MR) is 46.5 cm³/mol. The number of halogens is 1. The van der Waals surface area contributed by atoms with Gasteiger partial charge in [0.15, 0.2) is 5.16 Å². The van der Waals surface area contributed by atoms with Gasteiger partial charge >= 0.3 is 0 Å². The monoisotopic (exact) mass is 252 g/mol. The average molecular weight is 252 g/mol. The highest BCUT2D eigenvalue weighted by molar-refractivity contribution is 14.1. The Morgan fingerprint density at radius 1 is 1.44 bits per heavy atom. The van der Waals surface area contributed by atoms with Crippen LogP contribution in [0.4, 0.5) is 0 Å². The van der Waals surface area contributed by atoms with Crippen LogP contribution in [-0.2, 0) is 0 Å². The maximum absolute atomic E-state index is 4.04. The van der Waals surface area contributed by atoms with Crippen LogP contribution < -0.4 is 0 Å². The first-order valence-electron chi connectivity index (χ1n) is 2.34. The summed E-state index contributed by atoms with van der Waals surface area (Å²) in [4.78, 5) is 8.08. The zero-order chi connectivity index (χ0) is 6.69. The lowest BCUT2D eigenvalue weighted by Crippen LogP contribution is -1.83. The van der Waals surface area contributed by atoms with Crippen molar-refractivity contribution in [2.75, 3.05) is 6.26 Å². The normalized spacial score (nSPS) is 9.56. The molecule has 0 spiro atoms. The van der Waals surface area contributed by atoms with Crippen LogP contribution in [0.25, 0.3) is 0 Å². The minimum absolute atomic E-state index is 0.829. The van der Waals surface area contributed by atoms with Crippen LogP contribution >= 0.6 is 34.4 Å². The first kappa shape index (κ1) is 7.27. The third kappa shape index (κ3) is 2.09. The van der Waals surface area contributed by atoms with Crippen LogP contribution in [0.3, 0.4) is 0 Å². The minimum Gasteiger partial charge on any atom is -0.230 e. The van der Waals surface area contributed by atoms with Crippen molar-refractivity contribution < 1.29 is 0 Å². The van der Waals surface area contributed by atoms with Gasteiger partial charge in [-0.15, -0.1) is 0 Å². The topological polar surface area (TPSA) is 25.8 Å². The molecule has 0 aliphatic carbocycles. The van der Waals surface area contributed by atoms with E-state index in [9.17, 15) is 0 Å². The lowest BCUT2D eigenvalue weighted by Gasteiger charge is -1.90. The lowest BCUT2D eigenvalue weighted by atomic mass is 10.7. The van der Waals surface area contributed by atoms with Crippen LogP contribution in [0.5, 0.6) is 0 Å². The molecule has 48 valence electrons. The van der Waals surface area contributed by atoms with Crippen LogP contribution in [0.2, 0.25) is 0 Å². The molecule has 0 bridgehead atoms. The van der Waals surface area contributed by atoms with Gasteiger partial charge in [-0.1, -0.05) is 11.8 Å². The Kier molecular flexibility index (Phi) is 2.71. The van der Waals surface area contributed by atoms with Crippen molar-refractivity contribution in [2.45, 2.75) is 5.16 Å². The predicted octanol–water partition coefficient (Wildman–Crippen LogP) is 1.80. The summed E-state index contributed by atoms with van der Waals surface area (Å²) in [5.41, 5.74) is 0. The van der Waals surface area contributed by atoms with Gasteiger partial charge in [0.2, 0.25) is 0 Å². The van der Waals surface area contributed by atoms with Crippen molar-refractivity contribution in [3.8, 4) is 0 Å². The van der Waals surface area contributed by atoms with E-state index in [2.05, 4.69) is 32.6 Å². The fraction of sp³-hybridized carbons (Fsp3) is 0.200. The molecule has 0 atom stereocenters. The molecule has 0 aliphatic rings. The Labute approximate surface area is 71.6 Å². The molecule has 1 heterocycles. The summed E-state index contributed by atoms with van der Waals surface area (Å²) in [6, 6.07) is 0. The molecule has 0 radical (unpaired) electrons. The van der Waals surface area contributed by atoms with Crippen LogP contribution in [-0.4, -0.2) is 16.2 Å². The van der Waals surface area contributed by atoms with Crippen molar-refractivity contribution in [1.29, 1.82) is 0 Å². The summed E-state index contributed by atoms with van der Waals surface area (Å²) in [6.45, 7) is 0. The van der Waals surface area contributed by atoms with Gasteiger partial charge in [-0.05, 0) is 28.8 Å². The third-order valence-electron chi connectivity index (χ3n) is 0.779. The maximum atomic E-state index is 4.04. The molecule has 9 heavy (non-hydrogen) atoms. The Balaban J connectivity index is 2.88. The van der Waals surface area contributed by atoms with Crippen LogP contribution in [0.1, 0.15) is 0 Å². The summed E-state index contributed by atoms with van der Waals surface area (Å²) in [5.74, 6) is 0. The van der Waals surface area contributed by atoms with Gasteiger partial charge in [0.1, 0.15) is 0 Å². The minimum atomic E-state index is 0.829. The molecular formula is C5H5IN2S. The zero-order valence-electron chi connectivity index (χ0n) is 4.84. The maximum Gasteiger partial charge on any atom is 0.187 e. The molecule has 1 aromatic rings. The first-order chi connectivity index (χ1) is 4.33. The second-order valence-electron chi connectivity index (χ2n) is 1.39. The molecule has 1 rings (SSSR count). The quantitative estimate of drug-likeness (QED) is 0.433. The largest absolute Gasteiger partial charge is 0.230 e. The number of rotatable bonds is 1. The fourth-order valence-electron chi connectivity index (χ4n) is 0.406. The molecule has 0 N–H and O–H groups in total. The lowest BCUT2D eigenvalue weighted by molar-refractivity contribution is 0.960. The van der Waals surface area contributed by atoms with Gasteiger partial charge in [-0.25, -0.2) is 9.97 Å². The molecule has 0 aliphatic heterocycles. The number of hydrogen-bond acceptors (Lipinski definition) is 3. The summed E-state index contributed by atoms with van der Waals surface area (Å²) in [5, 5.41) is 0.829. The highest BCUT2D eigenvalue weighted by Gasteiger charge is 1.89. The molecule has 4 heteroatoms. The molecule has 0 aromatic carbocycles. The Morgan fingerprint density at radius 3 is 2.44 bits per heavy atom. The molecule has 0 fully saturated rings. The molecule has 0 saturated carbocycles. The molecule has 0 amide bonds. The highest BCUT2D eigenvalue weighted by Crippen LogP contribution is 2.07. The standard InChI is InChI=1S/C5H5IN2S/c1-9-5-7-2-4(6)3-8-5/h2-3H,1H3. The first-order valence-corrected chi connectivity index (χ1v) is 4.65. The van der Waals surface area contributed by atoms with E-state index in [1.165, 1.54) is 0 Å². The van der Waals surface area contributed by atoms with Gasteiger partial charge in [0.25, 0.3) is 0 Å². The Morgan fingerprint density at radius 2 is 2.00 bits per heavy atom. The van der Waals surface area contributed by atoms with E-state index in [0.717, 1.165) is 8.73 Å². The number of nitrogens with zero attached hydrogens (tertiary/aromatic N) is 2. The second kappa shape index (κ2) is 3.36. The second-order valence-corrected chi connectivity index (χ2v) is 3.41. The Bertz CT molecular complexity index is 187. The third-order valence-corrected chi connectivity index (χ3v) is 1.91. The van der Waals surface area contributed by atoms with Crippen molar-refractivity contribution >= 4 is 34.4 Å². The van der Waals surface area contributed by atoms with Crippen molar-refractivity contribution in [3.05, 3.63) is 16.0 Å². The van der Waals surface area contributed by atoms with Crippen molar-refractivity contribution in [2.24, 2.45) is 0 Å². The number of aromatic nitrogens is 2. The number of thioether (sulfide) groups is 1. The van der Waals surface area contributed by atoms with Gasteiger partial charge in [0.05, 0.1) is 0 Å². The SMILES string of the molecule is CSc1ncc(I)cn1. The molecule has 2 nitrogen and oxygen atoms in total. The van der Waals surface area contributed by atoms with E-state index in [4.69, 9.17) is 0 Å². The van der Waals surface area contributed by atoms with E-state index < -0.39 is 0 Å². The van der Waals surface area contributed by atoms with Gasteiger partial charge in [0, 0.05) is 16.0 Å². The highest BCUT2D eigenvalue weighted by atomic mass is 127. The van der Waals surface area contributed by atoms with Crippen molar-refractivity contribution in [1.82, 2.24) is 9.97 Å². The van der Waals surface area contributed by atoms with Crippen LogP contribution in [0, 0.1) is 3.57 Å². The summed E-state index contributed by atoms with van der Waals surface area (Å²) < 4.78 is 1.07. The molecular weight excluding hydrogens is 247 g/mol. The van der Waals surface area contributed by atoms with E-state index in [0.29, 0.717) is 0 Å². The molecule has 0 unspecified atom stereocenters. The van der Waals surface area contributed by atoms with Gasteiger partial charge < -0.3 is 0 Å². The van der Waals surface area contributed by atoms with E-state index in [1.54, 1.807) is 24.2 Å². The molecule has 1 aromatic heterocycles. The molecule has 0 saturated heterocycles. The average Bonchev–Trinajstić information content (AvgIpc) is 1.90. The van der Waals surface area contributed by atoms with Gasteiger partial charge in [-0.2, -0.15) is 0 Å². The van der Waals surface area contributed by atoms with E-state index in [-0.39, 0.29) is 0 Å². The smallest absolute Gasteiger partial charge is 0.187 e. The van der Waals surface area contributed by atoms with Crippen LogP contribution in [0.15, 0.2) is 17.6 Å². The van der Waals surface area contributed by atoms with E-state index in [1.807, 2.05) is 6.26 Å². The Hall–Kier alpha value is 0.160. The fourth-order valence-corrected chi connectivity index (χ4v) is 1.00. The van der Waals surface area contributed by atoms with Crippen molar-refractivity contribution in [3.63, 3.8) is 0 Å². The summed E-state index contributed by atoms with van der Waals surface area (Å²) >= 11 is 3.73. The zero-order valence-corrected chi connectivity index (χ0v) is 7.81.